The summed E-state index contributed by atoms with van der Waals surface area (Å²) < 4.78 is 0. The van der Waals surface area contributed by atoms with Crippen molar-refractivity contribution in [2.24, 2.45) is 5.73 Å². The van der Waals surface area contributed by atoms with Gasteiger partial charge in [-0.15, -0.1) is 0 Å². The van der Waals surface area contributed by atoms with Crippen molar-refractivity contribution in [3.8, 4) is 0 Å². The summed E-state index contributed by atoms with van der Waals surface area (Å²) in [5.74, 6) is -0.0326. The van der Waals surface area contributed by atoms with Crippen molar-refractivity contribution in [3.63, 3.8) is 0 Å². The second-order valence-electron chi connectivity index (χ2n) is 6.77. The molecule has 0 fully saturated rings. The molecular weight excluding hydrogens is 296 g/mol. The Kier molecular flexibility index (Phi) is 12.1. The van der Waals surface area contributed by atoms with E-state index in [4.69, 9.17) is 5.73 Å². The van der Waals surface area contributed by atoms with Crippen LogP contribution in [0.4, 0.5) is 0 Å². The number of nitrogens with two attached hydrogens (primary N) is 1. The summed E-state index contributed by atoms with van der Waals surface area (Å²) in [5, 5.41) is 2.96. The third kappa shape index (κ3) is 10.4. The second-order valence-corrected chi connectivity index (χ2v) is 6.77. The SMILES string of the molecule is CCCCCCCCCCCCNC(=O)C(N)Cc1ccccc1. The monoisotopic (exact) mass is 332 g/mol. The lowest BCUT2D eigenvalue weighted by atomic mass is 10.1. The molecule has 0 saturated heterocycles. The lowest BCUT2D eigenvalue weighted by molar-refractivity contribution is -0.122. The molecule has 136 valence electrons. The molecule has 0 bridgehead atoms. The first-order valence-electron chi connectivity index (χ1n) is 9.81. The van der Waals surface area contributed by atoms with Crippen LogP contribution < -0.4 is 11.1 Å². The summed E-state index contributed by atoms with van der Waals surface area (Å²) in [5.41, 5.74) is 7.08. The van der Waals surface area contributed by atoms with Gasteiger partial charge >= 0.3 is 0 Å². The molecule has 24 heavy (non-hydrogen) atoms. The standard InChI is InChI=1S/C21H36N2O/c1-2-3-4-5-6-7-8-9-10-14-17-23-21(24)20(22)18-19-15-12-11-13-16-19/h11-13,15-16,20H,2-10,14,17-18,22H2,1H3,(H,23,24). The minimum absolute atomic E-state index is 0.0326. The van der Waals surface area contributed by atoms with Gasteiger partial charge in [0.25, 0.3) is 0 Å². The van der Waals surface area contributed by atoms with Crippen molar-refractivity contribution >= 4 is 5.91 Å². The molecule has 1 unspecified atom stereocenters. The fourth-order valence-electron chi connectivity index (χ4n) is 2.92. The highest BCUT2D eigenvalue weighted by atomic mass is 16.2. The van der Waals surface area contributed by atoms with Crippen molar-refractivity contribution in [1.82, 2.24) is 5.32 Å². The van der Waals surface area contributed by atoms with E-state index in [-0.39, 0.29) is 5.91 Å². The molecule has 1 aromatic carbocycles. The van der Waals surface area contributed by atoms with Crippen LogP contribution in [0.15, 0.2) is 30.3 Å². The number of unbranched alkanes of at least 4 members (excludes halogenated alkanes) is 9. The zero-order valence-corrected chi connectivity index (χ0v) is 15.4. The van der Waals surface area contributed by atoms with Crippen LogP contribution >= 0.6 is 0 Å². The predicted octanol–water partition coefficient (Wildman–Crippen LogP) is 4.59. The van der Waals surface area contributed by atoms with E-state index in [0.717, 1.165) is 18.5 Å². The number of nitrogens with one attached hydrogen (secondary N) is 1. The average molecular weight is 333 g/mol. The van der Waals surface area contributed by atoms with E-state index in [9.17, 15) is 4.79 Å². The predicted molar refractivity (Wildman–Crippen MR) is 103 cm³/mol. The molecule has 3 N–H and O–H groups in total. The number of hydrogen-bond acceptors (Lipinski definition) is 2. The highest BCUT2D eigenvalue weighted by Crippen LogP contribution is 2.10. The molecule has 3 nitrogen and oxygen atoms in total. The van der Waals surface area contributed by atoms with Crippen molar-refractivity contribution in [3.05, 3.63) is 35.9 Å². The van der Waals surface area contributed by atoms with Gasteiger partial charge < -0.3 is 11.1 Å². The van der Waals surface area contributed by atoms with Crippen LogP contribution in [0.3, 0.4) is 0 Å². The maximum Gasteiger partial charge on any atom is 0.237 e. The third-order valence-electron chi connectivity index (χ3n) is 4.46. The smallest absolute Gasteiger partial charge is 0.237 e. The Morgan fingerprint density at radius 3 is 2.04 bits per heavy atom. The fraction of sp³-hybridized carbons (Fsp3) is 0.667. The van der Waals surface area contributed by atoms with E-state index < -0.39 is 6.04 Å². The molecule has 0 aliphatic rings. The number of amides is 1. The van der Waals surface area contributed by atoms with Crippen molar-refractivity contribution in [2.45, 2.75) is 83.6 Å². The Hall–Kier alpha value is -1.35. The van der Waals surface area contributed by atoms with E-state index in [2.05, 4.69) is 12.2 Å². The van der Waals surface area contributed by atoms with E-state index in [1.54, 1.807) is 0 Å². The summed E-state index contributed by atoms with van der Waals surface area (Å²) in [6, 6.07) is 9.49. The van der Waals surface area contributed by atoms with Gasteiger partial charge in [0.2, 0.25) is 5.91 Å². The van der Waals surface area contributed by atoms with E-state index in [1.807, 2.05) is 30.3 Å². The fourth-order valence-corrected chi connectivity index (χ4v) is 2.92. The van der Waals surface area contributed by atoms with Gasteiger partial charge in [-0.1, -0.05) is 95.0 Å². The van der Waals surface area contributed by atoms with Gasteiger partial charge in [-0.3, -0.25) is 4.79 Å². The molecule has 0 aliphatic carbocycles. The molecule has 1 amide bonds. The summed E-state index contributed by atoms with van der Waals surface area (Å²) in [4.78, 5) is 12.0. The molecule has 1 aromatic rings. The first kappa shape index (κ1) is 20.7. The lowest BCUT2D eigenvalue weighted by Gasteiger charge is -2.12. The van der Waals surface area contributed by atoms with Gasteiger partial charge in [-0.25, -0.2) is 0 Å². The Morgan fingerprint density at radius 1 is 0.917 bits per heavy atom. The largest absolute Gasteiger partial charge is 0.355 e. The van der Waals surface area contributed by atoms with Gasteiger partial charge in [0.1, 0.15) is 0 Å². The highest BCUT2D eigenvalue weighted by Gasteiger charge is 2.12. The van der Waals surface area contributed by atoms with E-state index in [0.29, 0.717) is 6.42 Å². The first-order valence-corrected chi connectivity index (χ1v) is 9.81. The quantitative estimate of drug-likeness (QED) is 0.489. The maximum atomic E-state index is 12.0. The topological polar surface area (TPSA) is 55.1 Å². The van der Waals surface area contributed by atoms with E-state index >= 15 is 0 Å². The van der Waals surface area contributed by atoms with Crippen LogP contribution in [-0.2, 0) is 11.2 Å². The number of carbonyl (C=O) groups excluding carboxylic acids is 1. The van der Waals surface area contributed by atoms with Crippen molar-refractivity contribution in [2.75, 3.05) is 6.54 Å². The van der Waals surface area contributed by atoms with Gasteiger partial charge in [0, 0.05) is 6.54 Å². The van der Waals surface area contributed by atoms with Gasteiger partial charge in [-0.2, -0.15) is 0 Å². The molecule has 3 heteroatoms. The Morgan fingerprint density at radius 2 is 1.46 bits per heavy atom. The number of hydrogen-bond donors (Lipinski definition) is 2. The van der Waals surface area contributed by atoms with Crippen molar-refractivity contribution in [1.29, 1.82) is 0 Å². The molecular formula is C21H36N2O. The van der Waals surface area contributed by atoms with Gasteiger partial charge in [0.15, 0.2) is 0 Å². The maximum absolute atomic E-state index is 12.0. The second kappa shape index (κ2) is 14.0. The van der Waals surface area contributed by atoms with Gasteiger partial charge in [0.05, 0.1) is 6.04 Å². The normalized spacial score (nSPS) is 12.1. The van der Waals surface area contributed by atoms with Crippen LogP contribution in [-0.4, -0.2) is 18.5 Å². The number of carbonyl (C=O) groups is 1. The first-order chi connectivity index (χ1) is 11.7. The minimum atomic E-state index is -0.449. The highest BCUT2D eigenvalue weighted by molar-refractivity contribution is 5.81. The summed E-state index contributed by atoms with van der Waals surface area (Å²) in [6.45, 7) is 3.01. The molecule has 0 radical (unpaired) electrons. The lowest BCUT2D eigenvalue weighted by Crippen LogP contribution is -2.42. The Labute approximate surface area is 148 Å². The van der Waals surface area contributed by atoms with Crippen LogP contribution in [0.2, 0.25) is 0 Å². The Balaban J connectivity index is 1.94. The third-order valence-corrected chi connectivity index (χ3v) is 4.46. The van der Waals surface area contributed by atoms with Gasteiger partial charge in [-0.05, 0) is 18.4 Å². The molecule has 1 rings (SSSR count). The minimum Gasteiger partial charge on any atom is -0.355 e. The van der Waals surface area contributed by atoms with Crippen LogP contribution in [0, 0.1) is 0 Å². The summed E-state index contributed by atoms with van der Waals surface area (Å²) >= 11 is 0. The summed E-state index contributed by atoms with van der Waals surface area (Å²) in [7, 11) is 0. The van der Waals surface area contributed by atoms with Crippen molar-refractivity contribution < 1.29 is 4.79 Å². The van der Waals surface area contributed by atoms with Crippen LogP contribution in [0.25, 0.3) is 0 Å². The zero-order chi connectivity index (χ0) is 17.5. The number of rotatable bonds is 14. The van der Waals surface area contributed by atoms with Crippen LogP contribution in [0.5, 0.6) is 0 Å². The zero-order valence-electron chi connectivity index (χ0n) is 15.4. The Bertz CT molecular complexity index is 419. The number of benzene rings is 1. The molecule has 0 saturated carbocycles. The summed E-state index contributed by atoms with van der Waals surface area (Å²) in [6.07, 6.45) is 13.7. The molecule has 0 spiro atoms. The molecule has 0 aromatic heterocycles. The average Bonchev–Trinajstić information content (AvgIpc) is 2.60. The van der Waals surface area contributed by atoms with Crippen LogP contribution in [0.1, 0.15) is 76.7 Å². The van der Waals surface area contributed by atoms with E-state index in [1.165, 1.54) is 57.8 Å². The molecule has 1 atom stereocenters. The molecule has 0 aliphatic heterocycles. The molecule has 0 heterocycles.